The van der Waals surface area contributed by atoms with Gasteiger partial charge in [0, 0.05) is 6.42 Å². The van der Waals surface area contributed by atoms with Crippen molar-refractivity contribution < 1.29 is 14.4 Å². The van der Waals surface area contributed by atoms with Crippen LogP contribution in [0, 0.1) is 11.8 Å². The second-order valence-electron chi connectivity index (χ2n) is 6.18. The van der Waals surface area contributed by atoms with Crippen LogP contribution in [0.5, 0.6) is 0 Å². The first kappa shape index (κ1) is 15.9. The fourth-order valence-electron chi connectivity index (χ4n) is 3.37. The molecule has 1 heterocycles. The monoisotopic (exact) mass is 295 g/mol. The van der Waals surface area contributed by atoms with Crippen LogP contribution in [0.4, 0.5) is 0 Å². The van der Waals surface area contributed by atoms with Crippen molar-refractivity contribution in [2.75, 3.05) is 13.1 Å². The molecule has 0 aromatic carbocycles. The first-order chi connectivity index (χ1) is 10.0. The molecule has 1 saturated heterocycles. The van der Waals surface area contributed by atoms with E-state index in [1.54, 1.807) is 0 Å². The molecule has 6 heteroatoms. The minimum atomic E-state index is -0.504. The van der Waals surface area contributed by atoms with Gasteiger partial charge in [0.2, 0.25) is 17.7 Å². The van der Waals surface area contributed by atoms with E-state index in [0.717, 1.165) is 32.2 Å². The molecule has 0 aromatic rings. The van der Waals surface area contributed by atoms with E-state index < -0.39 is 6.04 Å². The third kappa shape index (κ3) is 3.81. The fourth-order valence-corrected chi connectivity index (χ4v) is 3.37. The number of nitrogens with two attached hydrogens (primary N) is 1. The highest BCUT2D eigenvalue weighted by atomic mass is 16.2. The summed E-state index contributed by atoms with van der Waals surface area (Å²) in [5.74, 6) is 0.139. The number of nitrogens with zero attached hydrogens (tertiary/aromatic N) is 1. The summed E-state index contributed by atoms with van der Waals surface area (Å²) in [6.07, 6.45) is 5.14. The van der Waals surface area contributed by atoms with Gasteiger partial charge in [0.15, 0.2) is 0 Å². The van der Waals surface area contributed by atoms with Gasteiger partial charge in [-0.25, -0.2) is 0 Å². The summed E-state index contributed by atoms with van der Waals surface area (Å²) < 4.78 is 0. The molecule has 2 aliphatic rings. The van der Waals surface area contributed by atoms with Gasteiger partial charge in [-0.15, -0.1) is 0 Å². The Hall–Kier alpha value is -1.43. The summed E-state index contributed by atoms with van der Waals surface area (Å²) in [5.41, 5.74) is 5.68. The molecule has 6 nitrogen and oxygen atoms in total. The second kappa shape index (κ2) is 7.02. The lowest BCUT2D eigenvalue weighted by atomic mass is 9.80. The molecule has 0 radical (unpaired) electrons. The van der Waals surface area contributed by atoms with E-state index in [-0.39, 0.29) is 24.3 Å². The van der Waals surface area contributed by atoms with Gasteiger partial charge in [0.1, 0.15) is 12.6 Å². The molecule has 0 aromatic heterocycles. The van der Waals surface area contributed by atoms with Crippen LogP contribution >= 0.6 is 0 Å². The number of rotatable bonds is 4. The molecule has 3 N–H and O–H groups in total. The molecule has 1 saturated carbocycles. The number of nitrogens with one attached hydrogen (secondary N) is 1. The van der Waals surface area contributed by atoms with Gasteiger partial charge in [-0.05, 0) is 50.5 Å². The lowest BCUT2D eigenvalue weighted by Crippen LogP contribution is -2.59. The third-order valence-corrected chi connectivity index (χ3v) is 4.73. The molecule has 2 fully saturated rings. The Balaban J connectivity index is 1.92. The zero-order valence-electron chi connectivity index (χ0n) is 12.6. The molecule has 1 atom stereocenters. The van der Waals surface area contributed by atoms with Crippen molar-refractivity contribution in [2.24, 2.45) is 17.6 Å². The van der Waals surface area contributed by atoms with Crippen molar-refractivity contribution in [2.45, 2.75) is 51.5 Å². The average Bonchev–Trinajstić information content (AvgIpc) is 2.47. The van der Waals surface area contributed by atoms with Crippen LogP contribution in [0.3, 0.4) is 0 Å². The molecule has 2 rings (SSSR count). The number of carbonyl (C=O) groups excluding carboxylic acids is 3. The highest BCUT2D eigenvalue weighted by molar-refractivity contribution is 6.04. The molecule has 21 heavy (non-hydrogen) atoms. The molecular formula is C15H25N3O3. The summed E-state index contributed by atoms with van der Waals surface area (Å²) in [7, 11) is 0. The van der Waals surface area contributed by atoms with Crippen LogP contribution in [0.25, 0.3) is 0 Å². The van der Waals surface area contributed by atoms with E-state index in [0.29, 0.717) is 24.7 Å². The maximum atomic E-state index is 12.4. The SMILES string of the molecule is CCC1C(=O)NC(=O)CN1C(=O)CC1CCC(CN)CC1. The highest BCUT2D eigenvalue weighted by Crippen LogP contribution is 2.31. The normalized spacial score (nSPS) is 30.2. The average molecular weight is 295 g/mol. The van der Waals surface area contributed by atoms with Gasteiger partial charge in [-0.1, -0.05) is 6.92 Å². The minimum absolute atomic E-state index is 0.00122. The van der Waals surface area contributed by atoms with Crippen molar-refractivity contribution in [3.05, 3.63) is 0 Å². The number of piperazine rings is 1. The second-order valence-corrected chi connectivity index (χ2v) is 6.18. The zero-order chi connectivity index (χ0) is 15.4. The van der Waals surface area contributed by atoms with E-state index in [9.17, 15) is 14.4 Å². The molecular weight excluding hydrogens is 270 g/mol. The quantitative estimate of drug-likeness (QED) is 0.735. The summed E-state index contributed by atoms with van der Waals surface area (Å²) in [6.45, 7) is 2.58. The van der Waals surface area contributed by atoms with Crippen LogP contribution in [-0.2, 0) is 14.4 Å². The molecule has 3 amide bonds. The molecule has 1 unspecified atom stereocenters. The maximum Gasteiger partial charge on any atom is 0.249 e. The number of hydrogen-bond acceptors (Lipinski definition) is 4. The Labute approximate surface area is 125 Å². The van der Waals surface area contributed by atoms with Crippen molar-refractivity contribution in [1.82, 2.24) is 10.2 Å². The van der Waals surface area contributed by atoms with Crippen molar-refractivity contribution in [3.8, 4) is 0 Å². The third-order valence-electron chi connectivity index (χ3n) is 4.73. The topological polar surface area (TPSA) is 92.5 Å². The van der Waals surface area contributed by atoms with Gasteiger partial charge >= 0.3 is 0 Å². The number of carbonyl (C=O) groups is 3. The zero-order valence-corrected chi connectivity index (χ0v) is 12.6. The fraction of sp³-hybridized carbons (Fsp3) is 0.800. The van der Waals surface area contributed by atoms with Crippen LogP contribution in [0.15, 0.2) is 0 Å². The van der Waals surface area contributed by atoms with Crippen LogP contribution < -0.4 is 11.1 Å². The van der Waals surface area contributed by atoms with Crippen LogP contribution in [-0.4, -0.2) is 41.8 Å². The molecule has 118 valence electrons. The maximum absolute atomic E-state index is 12.4. The first-order valence-electron chi connectivity index (χ1n) is 7.88. The van der Waals surface area contributed by atoms with Gasteiger partial charge in [-0.3, -0.25) is 19.7 Å². The molecule has 0 bridgehead atoms. The van der Waals surface area contributed by atoms with E-state index >= 15 is 0 Å². The Morgan fingerprint density at radius 1 is 1.24 bits per heavy atom. The van der Waals surface area contributed by atoms with Gasteiger partial charge in [0.25, 0.3) is 0 Å². The lowest BCUT2D eigenvalue weighted by molar-refractivity contribution is -0.150. The van der Waals surface area contributed by atoms with Crippen LogP contribution in [0.2, 0.25) is 0 Å². The molecule has 1 aliphatic heterocycles. The Kier molecular flexibility index (Phi) is 5.33. The van der Waals surface area contributed by atoms with E-state index in [2.05, 4.69) is 5.32 Å². The largest absolute Gasteiger partial charge is 0.330 e. The van der Waals surface area contributed by atoms with Crippen molar-refractivity contribution in [1.29, 1.82) is 0 Å². The predicted molar refractivity (Wildman–Crippen MR) is 78.1 cm³/mol. The number of amides is 3. The smallest absolute Gasteiger partial charge is 0.249 e. The summed E-state index contributed by atoms with van der Waals surface area (Å²) >= 11 is 0. The predicted octanol–water partition coefficient (Wildman–Crippen LogP) is 0.405. The van der Waals surface area contributed by atoms with E-state index in [1.165, 1.54) is 4.90 Å². The van der Waals surface area contributed by atoms with Crippen LogP contribution in [0.1, 0.15) is 45.4 Å². The Bertz CT molecular complexity index is 416. The Morgan fingerprint density at radius 2 is 1.86 bits per heavy atom. The first-order valence-corrected chi connectivity index (χ1v) is 7.88. The van der Waals surface area contributed by atoms with E-state index in [4.69, 9.17) is 5.73 Å². The number of imide groups is 1. The summed E-state index contributed by atoms with van der Waals surface area (Å²) in [4.78, 5) is 37.2. The van der Waals surface area contributed by atoms with Gasteiger partial charge < -0.3 is 10.6 Å². The van der Waals surface area contributed by atoms with E-state index in [1.807, 2.05) is 6.92 Å². The van der Waals surface area contributed by atoms with Crippen molar-refractivity contribution in [3.63, 3.8) is 0 Å². The summed E-state index contributed by atoms with van der Waals surface area (Å²) in [5, 5.41) is 2.30. The minimum Gasteiger partial charge on any atom is -0.330 e. The number of hydrogen-bond donors (Lipinski definition) is 2. The Morgan fingerprint density at radius 3 is 2.43 bits per heavy atom. The van der Waals surface area contributed by atoms with Gasteiger partial charge in [-0.2, -0.15) is 0 Å². The standard InChI is InChI=1S/C15H25N3O3/c1-2-12-15(21)17-13(19)9-18(12)14(20)7-10-3-5-11(8-16)6-4-10/h10-12H,2-9,16H2,1H3,(H,17,19,21). The lowest BCUT2D eigenvalue weighted by Gasteiger charge is -2.35. The highest BCUT2D eigenvalue weighted by Gasteiger charge is 2.36. The molecule has 1 aliphatic carbocycles. The van der Waals surface area contributed by atoms with Gasteiger partial charge in [0.05, 0.1) is 0 Å². The summed E-state index contributed by atoms with van der Waals surface area (Å²) in [6, 6.07) is -0.504. The molecule has 0 spiro atoms. The van der Waals surface area contributed by atoms with Crippen molar-refractivity contribution >= 4 is 17.7 Å².